The second-order valence-corrected chi connectivity index (χ2v) is 12.8. The van der Waals surface area contributed by atoms with Crippen molar-refractivity contribution in [2.24, 2.45) is 0 Å². The third-order valence-electron chi connectivity index (χ3n) is 9.28. The Morgan fingerprint density at radius 3 is 0.955 bits per heavy atom. The molecular weight excluding hydrogens is 532 g/mol. The highest BCUT2D eigenvalue weighted by Crippen LogP contribution is 2.31. The maximum atomic E-state index is 5.91. The van der Waals surface area contributed by atoms with E-state index in [4.69, 9.17) is 11.5 Å². The van der Waals surface area contributed by atoms with Gasteiger partial charge in [0.25, 0.3) is 0 Å². The van der Waals surface area contributed by atoms with Gasteiger partial charge < -0.3 is 11.5 Å². The van der Waals surface area contributed by atoms with Crippen LogP contribution in [0.5, 0.6) is 0 Å². The van der Waals surface area contributed by atoms with Gasteiger partial charge in [0.15, 0.2) is 0 Å². The SMILES string of the molecule is CCCC(c1ccc(N)cc1)c1ccc(CCCCCCCCCCc2ccc(C(CCC)c3ccc(N)cc3)cc2)cc1. The lowest BCUT2D eigenvalue weighted by Crippen LogP contribution is -2.01. The Balaban J connectivity index is 1.07. The number of hydrogen-bond donors (Lipinski definition) is 2. The molecule has 0 saturated carbocycles. The number of unbranched alkanes of at least 4 members (excludes halogenated alkanes) is 7. The molecule has 0 bridgehead atoms. The van der Waals surface area contributed by atoms with Gasteiger partial charge in [-0.1, -0.05) is 138 Å². The van der Waals surface area contributed by atoms with E-state index in [0.717, 1.165) is 11.4 Å². The molecule has 0 aliphatic heterocycles. The summed E-state index contributed by atoms with van der Waals surface area (Å²) in [7, 11) is 0. The predicted molar refractivity (Wildman–Crippen MR) is 192 cm³/mol. The van der Waals surface area contributed by atoms with Crippen molar-refractivity contribution in [1.29, 1.82) is 0 Å². The van der Waals surface area contributed by atoms with E-state index < -0.39 is 0 Å². The first kappa shape index (κ1) is 33.4. The van der Waals surface area contributed by atoms with Crippen LogP contribution < -0.4 is 11.5 Å². The summed E-state index contributed by atoms with van der Waals surface area (Å²) in [6.07, 6.45) is 17.8. The Kier molecular flexibility index (Phi) is 13.9. The fourth-order valence-corrected chi connectivity index (χ4v) is 6.64. The van der Waals surface area contributed by atoms with Crippen molar-refractivity contribution < 1.29 is 0 Å². The van der Waals surface area contributed by atoms with E-state index in [9.17, 15) is 0 Å². The fraction of sp³-hybridized carbons (Fsp3) is 0.429. The first-order valence-electron chi connectivity index (χ1n) is 17.5. The number of rotatable bonds is 19. The van der Waals surface area contributed by atoms with E-state index in [2.05, 4.69) is 86.6 Å². The molecule has 0 aliphatic rings. The molecule has 234 valence electrons. The molecule has 2 atom stereocenters. The zero-order chi connectivity index (χ0) is 31.0. The van der Waals surface area contributed by atoms with E-state index in [1.165, 1.54) is 123 Å². The van der Waals surface area contributed by atoms with Crippen LogP contribution in [-0.4, -0.2) is 0 Å². The third kappa shape index (κ3) is 10.6. The molecular formula is C42H56N2. The summed E-state index contributed by atoms with van der Waals surface area (Å²) >= 11 is 0. The molecule has 2 nitrogen and oxygen atoms in total. The predicted octanol–water partition coefficient (Wildman–Crippen LogP) is 11.6. The average molecular weight is 589 g/mol. The largest absolute Gasteiger partial charge is 0.399 e. The minimum absolute atomic E-state index is 0.458. The van der Waals surface area contributed by atoms with Gasteiger partial charge in [-0.2, -0.15) is 0 Å². The molecule has 0 heterocycles. The van der Waals surface area contributed by atoms with Gasteiger partial charge >= 0.3 is 0 Å². The fourth-order valence-electron chi connectivity index (χ4n) is 6.64. The summed E-state index contributed by atoms with van der Waals surface area (Å²) in [4.78, 5) is 0. The first-order valence-corrected chi connectivity index (χ1v) is 17.5. The summed E-state index contributed by atoms with van der Waals surface area (Å²) in [5.74, 6) is 0.916. The van der Waals surface area contributed by atoms with Crippen molar-refractivity contribution in [2.45, 2.75) is 116 Å². The monoisotopic (exact) mass is 588 g/mol. The topological polar surface area (TPSA) is 52.0 Å². The smallest absolute Gasteiger partial charge is 0.0314 e. The minimum atomic E-state index is 0.458. The molecule has 2 unspecified atom stereocenters. The van der Waals surface area contributed by atoms with Gasteiger partial charge in [-0.25, -0.2) is 0 Å². The molecule has 0 saturated heterocycles. The van der Waals surface area contributed by atoms with Crippen LogP contribution >= 0.6 is 0 Å². The van der Waals surface area contributed by atoms with Crippen LogP contribution in [0, 0.1) is 0 Å². The Bertz CT molecular complexity index is 1210. The summed E-state index contributed by atoms with van der Waals surface area (Å²) < 4.78 is 0. The number of aryl methyl sites for hydroxylation is 2. The summed E-state index contributed by atoms with van der Waals surface area (Å²) in [5.41, 5.74) is 22.0. The number of nitrogen functional groups attached to an aromatic ring is 2. The zero-order valence-electron chi connectivity index (χ0n) is 27.4. The highest BCUT2D eigenvalue weighted by Gasteiger charge is 2.14. The third-order valence-corrected chi connectivity index (χ3v) is 9.28. The molecule has 0 aliphatic carbocycles. The van der Waals surface area contributed by atoms with Crippen LogP contribution in [0.4, 0.5) is 11.4 Å². The highest BCUT2D eigenvalue weighted by molar-refractivity contribution is 5.44. The summed E-state index contributed by atoms with van der Waals surface area (Å²) in [5, 5.41) is 0. The van der Waals surface area contributed by atoms with E-state index >= 15 is 0 Å². The molecule has 44 heavy (non-hydrogen) atoms. The van der Waals surface area contributed by atoms with Gasteiger partial charge in [0, 0.05) is 23.2 Å². The van der Waals surface area contributed by atoms with Gasteiger partial charge in [-0.15, -0.1) is 0 Å². The number of anilines is 2. The Labute approximate surface area is 268 Å². The summed E-state index contributed by atoms with van der Waals surface area (Å²) in [6.45, 7) is 4.54. The highest BCUT2D eigenvalue weighted by atomic mass is 14.5. The number of hydrogen-bond acceptors (Lipinski definition) is 2. The Morgan fingerprint density at radius 1 is 0.386 bits per heavy atom. The van der Waals surface area contributed by atoms with Crippen LogP contribution in [0.3, 0.4) is 0 Å². The quantitative estimate of drug-likeness (QED) is 0.0845. The summed E-state index contributed by atoms with van der Waals surface area (Å²) in [6, 6.07) is 35.7. The van der Waals surface area contributed by atoms with E-state index in [0.29, 0.717) is 11.8 Å². The van der Waals surface area contributed by atoms with Crippen molar-refractivity contribution >= 4 is 11.4 Å². The van der Waals surface area contributed by atoms with Gasteiger partial charge in [-0.05, 0) is 96.2 Å². The second kappa shape index (κ2) is 18.3. The molecule has 0 radical (unpaired) electrons. The van der Waals surface area contributed by atoms with E-state index in [1.54, 1.807) is 0 Å². The van der Waals surface area contributed by atoms with Crippen LogP contribution in [-0.2, 0) is 12.8 Å². The van der Waals surface area contributed by atoms with E-state index in [-0.39, 0.29) is 0 Å². The molecule has 2 heteroatoms. The average Bonchev–Trinajstić information content (AvgIpc) is 3.05. The first-order chi connectivity index (χ1) is 21.6. The maximum absolute atomic E-state index is 5.91. The molecule has 4 N–H and O–H groups in total. The van der Waals surface area contributed by atoms with Crippen LogP contribution in [0.2, 0.25) is 0 Å². The molecule has 0 aromatic heterocycles. The van der Waals surface area contributed by atoms with Gasteiger partial charge in [-0.3, -0.25) is 0 Å². The molecule has 0 spiro atoms. The lowest BCUT2D eigenvalue weighted by molar-refractivity contribution is 0.567. The standard InChI is InChI=1S/C42H56N2/c1-3-13-41(37-25-29-39(43)30-26-37)35-21-17-33(18-22-35)15-11-9-7-5-6-8-10-12-16-34-19-23-36(24-20-34)42(14-4-2)38-27-31-40(44)32-28-38/h17-32,41-42H,3-16,43-44H2,1-2H3. The van der Waals surface area contributed by atoms with Gasteiger partial charge in [0.1, 0.15) is 0 Å². The molecule has 4 rings (SSSR count). The lowest BCUT2D eigenvalue weighted by Gasteiger charge is -2.18. The van der Waals surface area contributed by atoms with Gasteiger partial charge in [0.05, 0.1) is 0 Å². The number of benzene rings is 4. The second-order valence-electron chi connectivity index (χ2n) is 12.8. The van der Waals surface area contributed by atoms with Gasteiger partial charge in [0.2, 0.25) is 0 Å². The van der Waals surface area contributed by atoms with Crippen molar-refractivity contribution in [3.8, 4) is 0 Å². The number of nitrogens with two attached hydrogens (primary N) is 2. The van der Waals surface area contributed by atoms with Crippen molar-refractivity contribution in [3.63, 3.8) is 0 Å². The normalized spacial score (nSPS) is 12.7. The molecule has 0 fully saturated rings. The van der Waals surface area contributed by atoms with Crippen LogP contribution in [0.25, 0.3) is 0 Å². The Hall–Kier alpha value is -3.52. The van der Waals surface area contributed by atoms with E-state index in [1.807, 2.05) is 24.3 Å². The van der Waals surface area contributed by atoms with Crippen LogP contribution in [0.1, 0.15) is 136 Å². The minimum Gasteiger partial charge on any atom is -0.399 e. The molecule has 4 aromatic carbocycles. The zero-order valence-corrected chi connectivity index (χ0v) is 27.4. The Morgan fingerprint density at radius 2 is 0.659 bits per heavy atom. The van der Waals surface area contributed by atoms with Crippen molar-refractivity contribution in [1.82, 2.24) is 0 Å². The lowest BCUT2D eigenvalue weighted by atomic mass is 9.87. The van der Waals surface area contributed by atoms with Crippen molar-refractivity contribution in [3.05, 3.63) is 130 Å². The maximum Gasteiger partial charge on any atom is 0.0314 e. The van der Waals surface area contributed by atoms with Crippen molar-refractivity contribution in [2.75, 3.05) is 11.5 Å². The van der Waals surface area contributed by atoms with Crippen LogP contribution in [0.15, 0.2) is 97.1 Å². The molecule has 4 aromatic rings. The molecule has 0 amide bonds.